The Bertz CT molecular complexity index is 813. The second-order valence-electron chi connectivity index (χ2n) is 5.11. The van der Waals surface area contributed by atoms with Gasteiger partial charge < -0.3 is 0 Å². The Morgan fingerprint density at radius 2 is 2.17 bits per heavy atom. The maximum absolute atomic E-state index is 12.7. The van der Waals surface area contributed by atoms with Crippen molar-refractivity contribution in [1.29, 1.82) is 5.26 Å². The van der Waals surface area contributed by atoms with E-state index in [1.807, 2.05) is 6.92 Å². The second kappa shape index (κ2) is 7.13. The number of benzene rings is 1. The van der Waals surface area contributed by atoms with Gasteiger partial charge in [0.1, 0.15) is 11.6 Å². The summed E-state index contributed by atoms with van der Waals surface area (Å²) in [6.45, 7) is 2.67. The van der Waals surface area contributed by atoms with Crippen LogP contribution in [0.5, 0.6) is 0 Å². The van der Waals surface area contributed by atoms with Crippen molar-refractivity contribution in [2.45, 2.75) is 26.1 Å². The third-order valence-electron chi connectivity index (χ3n) is 3.23. The molecule has 0 saturated carbocycles. The Hall–Kier alpha value is -2.88. The largest absolute Gasteiger partial charge is 0.416 e. The molecule has 0 spiro atoms. The van der Waals surface area contributed by atoms with Crippen LogP contribution in [0.4, 0.5) is 13.2 Å². The van der Waals surface area contributed by atoms with E-state index in [9.17, 15) is 18.0 Å². The van der Waals surface area contributed by atoms with Crippen molar-refractivity contribution >= 4 is 11.9 Å². The summed E-state index contributed by atoms with van der Waals surface area (Å²) < 4.78 is 39.9. The number of nitriles is 1. The lowest BCUT2D eigenvalue weighted by molar-refractivity contribution is -0.137. The van der Waals surface area contributed by atoms with E-state index in [0.717, 1.165) is 24.6 Å². The fraction of sp³-hybridized carbons (Fsp3) is 0.235. The van der Waals surface area contributed by atoms with Crippen LogP contribution in [-0.2, 0) is 12.7 Å². The van der Waals surface area contributed by atoms with E-state index in [1.165, 1.54) is 18.3 Å². The van der Waals surface area contributed by atoms with Crippen molar-refractivity contribution in [1.82, 2.24) is 9.78 Å². The fourth-order valence-corrected chi connectivity index (χ4v) is 2.11. The molecule has 0 bridgehead atoms. The van der Waals surface area contributed by atoms with Gasteiger partial charge in [-0.3, -0.25) is 9.48 Å². The van der Waals surface area contributed by atoms with Gasteiger partial charge in [-0.2, -0.15) is 23.5 Å². The number of nitrogens with zero attached hydrogens (tertiary/aromatic N) is 3. The maximum atomic E-state index is 12.7. The summed E-state index contributed by atoms with van der Waals surface area (Å²) in [6.07, 6.45) is 0.807. The number of Topliss-reactive ketones (excluding diaryl/α,β-unsaturated/α-hetero) is 1. The Kier molecular flexibility index (Phi) is 5.19. The zero-order valence-electron chi connectivity index (χ0n) is 12.8. The van der Waals surface area contributed by atoms with Crippen LogP contribution in [-0.4, -0.2) is 15.6 Å². The van der Waals surface area contributed by atoms with Crippen molar-refractivity contribution in [3.8, 4) is 6.07 Å². The summed E-state index contributed by atoms with van der Waals surface area (Å²) in [5.41, 5.74) is -0.814. The molecule has 1 aromatic carbocycles. The highest BCUT2D eigenvalue weighted by Gasteiger charge is 2.31. The van der Waals surface area contributed by atoms with Gasteiger partial charge in [-0.15, -0.1) is 0 Å². The standard InChI is InChI=1S/C17H14F3N3O/c1-2-6-23-11-12(10-22-23)7-14(9-21)16(24)13-4-3-5-15(8-13)17(18,19)20/h3-5,7-8,10-11H,2,6H2,1H3/b14-7+. The molecule has 1 aromatic heterocycles. The van der Waals surface area contributed by atoms with Gasteiger partial charge in [0.2, 0.25) is 5.78 Å². The minimum atomic E-state index is -4.55. The smallest absolute Gasteiger partial charge is 0.288 e. The molecule has 4 nitrogen and oxygen atoms in total. The second-order valence-corrected chi connectivity index (χ2v) is 5.11. The lowest BCUT2D eigenvalue weighted by atomic mass is 10.0. The van der Waals surface area contributed by atoms with Crippen LogP contribution < -0.4 is 0 Å². The zero-order valence-corrected chi connectivity index (χ0v) is 12.8. The first-order valence-corrected chi connectivity index (χ1v) is 7.21. The van der Waals surface area contributed by atoms with Gasteiger partial charge in [0.15, 0.2) is 0 Å². The topological polar surface area (TPSA) is 58.7 Å². The van der Waals surface area contributed by atoms with Crippen LogP contribution >= 0.6 is 0 Å². The lowest BCUT2D eigenvalue weighted by Crippen LogP contribution is -2.08. The number of alkyl halides is 3. The molecule has 0 aliphatic heterocycles. The summed E-state index contributed by atoms with van der Waals surface area (Å²) in [6, 6.07) is 5.76. The summed E-state index contributed by atoms with van der Waals surface area (Å²) in [4.78, 5) is 12.3. The van der Waals surface area contributed by atoms with E-state index in [4.69, 9.17) is 5.26 Å². The number of ketones is 1. The number of carbonyl (C=O) groups is 1. The first-order chi connectivity index (χ1) is 11.3. The molecule has 2 rings (SSSR count). The summed E-state index contributed by atoms with van der Waals surface area (Å²) in [5, 5.41) is 13.2. The SMILES string of the molecule is CCCn1cc(/C=C(\C#N)C(=O)c2cccc(C(F)(F)F)c2)cn1. The van der Waals surface area contributed by atoms with E-state index < -0.39 is 17.5 Å². The van der Waals surface area contributed by atoms with Crippen LogP contribution in [0.3, 0.4) is 0 Å². The molecule has 0 radical (unpaired) electrons. The molecule has 0 N–H and O–H groups in total. The van der Waals surface area contributed by atoms with Gasteiger partial charge in [-0.25, -0.2) is 0 Å². The number of hydrogen-bond acceptors (Lipinski definition) is 3. The molecule has 0 aliphatic rings. The van der Waals surface area contributed by atoms with Gasteiger partial charge in [0.25, 0.3) is 0 Å². The fourth-order valence-electron chi connectivity index (χ4n) is 2.11. The molecule has 0 amide bonds. The summed E-state index contributed by atoms with van der Waals surface area (Å²) in [5.74, 6) is -0.758. The summed E-state index contributed by atoms with van der Waals surface area (Å²) in [7, 11) is 0. The van der Waals surface area contributed by atoms with Gasteiger partial charge in [0, 0.05) is 23.9 Å². The number of allylic oxidation sites excluding steroid dienone is 1. The minimum absolute atomic E-state index is 0.182. The number of hydrogen-bond donors (Lipinski definition) is 0. The average molecular weight is 333 g/mol. The van der Waals surface area contributed by atoms with Crippen LogP contribution in [0, 0.1) is 11.3 Å². The predicted molar refractivity (Wildman–Crippen MR) is 81.9 cm³/mol. The molecule has 0 unspecified atom stereocenters. The Morgan fingerprint density at radius 1 is 1.42 bits per heavy atom. The highest BCUT2D eigenvalue weighted by atomic mass is 19.4. The number of rotatable bonds is 5. The quantitative estimate of drug-likeness (QED) is 0.470. The van der Waals surface area contributed by atoms with E-state index in [-0.39, 0.29) is 11.1 Å². The van der Waals surface area contributed by atoms with Crippen molar-refractivity contribution in [3.63, 3.8) is 0 Å². The molecule has 0 saturated heterocycles. The van der Waals surface area contributed by atoms with Crippen LogP contribution in [0.1, 0.15) is 34.8 Å². The first-order valence-electron chi connectivity index (χ1n) is 7.21. The van der Waals surface area contributed by atoms with Crippen molar-refractivity contribution in [2.24, 2.45) is 0 Å². The molecular weight excluding hydrogens is 319 g/mol. The molecule has 0 aliphatic carbocycles. The zero-order chi connectivity index (χ0) is 17.7. The van der Waals surface area contributed by atoms with E-state index >= 15 is 0 Å². The van der Waals surface area contributed by atoms with E-state index in [1.54, 1.807) is 16.9 Å². The van der Waals surface area contributed by atoms with Crippen molar-refractivity contribution in [2.75, 3.05) is 0 Å². The molecule has 2 aromatic rings. The average Bonchev–Trinajstić information content (AvgIpc) is 2.99. The molecule has 124 valence electrons. The Labute approximate surface area is 136 Å². The molecule has 7 heteroatoms. The molecular formula is C17H14F3N3O. The van der Waals surface area contributed by atoms with E-state index in [0.29, 0.717) is 12.1 Å². The molecule has 24 heavy (non-hydrogen) atoms. The molecule has 1 heterocycles. The third kappa shape index (κ3) is 4.10. The van der Waals surface area contributed by atoms with Crippen LogP contribution in [0.15, 0.2) is 42.2 Å². The molecule has 0 atom stereocenters. The first kappa shape index (κ1) is 17.5. The summed E-state index contributed by atoms with van der Waals surface area (Å²) >= 11 is 0. The van der Waals surface area contributed by atoms with Gasteiger partial charge in [0.05, 0.1) is 11.8 Å². The van der Waals surface area contributed by atoms with Crippen molar-refractivity contribution < 1.29 is 18.0 Å². The number of halogens is 3. The molecule has 0 fully saturated rings. The predicted octanol–water partition coefficient (Wildman–Crippen LogP) is 4.10. The van der Waals surface area contributed by atoms with Gasteiger partial charge in [-0.05, 0) is 24.6 Å². The van der Waals surface area contributed by atoms with Gasteiger partial charge in [-0.1, -0.05) is 19.1 Å². The van der Waals surface area contributed by atoms with Gasteiger partial charge >= 0.3 is 6.18 Å². The number of aromatic nitrogens is 2. The Morgan fingerprint density at radius 3 is 2.79 bits per heavy atom. The van der Waals surface area contributed by atoms with Crippen LogP contribution in [0.25, 0.3) is 6.08 Å². The lowest BCUT2D eigenvalue weighted by Gasteiger charge is -2.07. The monoisotopic (exact) mass is 333 g/mol. The van der Waals surface area contributed by atoms with E-state index in [2.05, 4.69) is 5.10 Å². The minimum Gasteiger partial charge on any atom is -0.288 e. The van der Waals surface area contributed by atoms with Crippen LogP contribution in [0.2, 0.25) is 0 Å². The normalized spacial score (nSPS) is 12.0. The highest BCUT2D eigenvalue weighted by molar-refractivity contribution is 6.14. The highest BCUT2D eigenvalue weighted by Crippen LogP contribution is 2.30. The maximum Gasteiger partial charge on any atom is 0.416 e. The van der Waals surface area contributed by atoms with Crippen molar-refractivity contribution in [3.05, 3.63) is 58.9 Å². The number of aryl methyl sites for hydroxylation is 1. The Balaban J connectivity index is 2.32. The number of carbonyl (C=O) groups excluding carboxylic acids is 1. The third-order valence-corrected chi connectivity index (χ3v) is 3.23.